The Hall–Kier alpha value is -1.72. The fourth-order valence-corrected chi connectivity index (χ4v) is 0.453. The molecule has 0 radical (unpaired) electrons. The quantitative estimate of drug-likeness (QED) is 0.482. The summed E-state index contributed by atoms with van der Waals surface area (Å²) in [6.07, 6.45) is -0.158. The van der Waals surface area contributed by atoms with Crippen molar-refractivity contribution in [3.05, 3.63) is 6.20 Å². The van der Waals surface area contributed by atoms with Crippen molar-refractivity contribution in [1.82, 2.24) is 10.2 Å². The molecule has 10 heavy (non-hydrogen) atoms. The van der Waals surface area contributed by atoms with Gasteiger partial charge in [0.2, 0.25) is 5.88 Å². The van der Waals surface area contributed by atoms with Gasteiger partial charge in [-0.05, 0) is 0 Å². The van der Waals surface area contributed by atoms with Gasteiger partial charge in [-0.1, -0.05) is 0 Å². The highest BCUT2D eigenvalue weighted by Gasteiger charge is 2.05. The Balaban J connectivity index is 2.74. The molecule has 0 saturated carbocycles. The number of hydrogen-bond donors (Lipinski definition) is 3. The Bertz CT molecular complexity index is 244. The maximum absolute atomic E-state index is 9.89. The minimum Gasteiger partial charge on any atom is -0.449 e. The number of anilines is 1. The predicted octanol–water partition coefficient (Wildman–Crippen LogP) is 0.0487. The van der Waals surface area contributed by atoms with Crippen LogP contribution in [0.15, 0.2) is 6.20 Å². The number of H-pyrrole nitrogens is 1. The van der Waals surface area contributed by atoms with E-state index in [4.69, 9.17) is 10.8 Å². The second kappa shape index (κ2) is 2.26. The van der Waals surface area contributed by atoms with Gasteiger partial charge in [-0.25, -0.2) is 9.89 Å². The van der Waals surface area contributed by atoms with Crippen molar-refractivity contribution < 1.29 is 14.6 Å². The smallest absolute Gasteiger partial charge is 0.449 e. The van der Waals surface area contributed by atoms with Crippen LogP contribution in [0.2, 0.25) is 0 Å². The number of ether oxygens (including phenoxy) is 1. The Kier molecular flexibility index (Phi) is 1.44. The lowest BCUT2D eigenvalue weighted by molar-refractivity contribution is 0.143. The van der Waals surface area contributed by atoms with Crippen LogP contribution in [0.3, 0.4) is 0 Å². The van der Waals surface area contributed by atoms with Crippen molar-refractivity contribution in [2.45, 2.75) is 0 Å². The van der Waals surface area contributed by atoms with Crippen molar-refractivity contribution in [3.63, 3.8) is 0 Å². The molecule has 0 aliphatic rings. The highest BCUT2D eigenvalue weighted by atomic mass is 16.7. The van der Waals surface area contributed by atoms with Gasteiger partial charge >= 0.3 is 6.16 Å². The number of nitrogen functional groups attached to an aromatic ring is 1. The summed E-state index contributed by atoms with van der Waals surface area (Å²) in [7, 11) is 0. The molecule has 1 heterocycles. The van der Waals surface area contributed by atoms with E-state index in [0.29, 0.717) is 0 Å². The standard InChI is InChI=1S/C4H5N3O3/c5-2-1-6-7-3(2)10-4(8)9/h1H,5H2,(H,6,7)(H,8,9). The van der Waals surface area contributed by atoms with Crippen molar-refractivity contribution in [2.24, 2.45) is 0 Å². The predicted molar refractivity (Wildman–Crippen MR) is 31.7 cm³/mol. The van der Waals surface area contributed by atoms with Gasteiger partial charge in [-0.15, -0.1) is 0 Å². The topological polar surface area (TPSA) is 101 Å². The van der Waals surface area contributed by atoms with E-state index in [1.54, 1.807) is 0 Å². The van der Waals surface area contributed by atoms with Crippen LogP contribution in [0.1, 0.15) is 0 Å². The van der Waals surface area contributed by atoms with Crippen LogP contribution in [0.25, 0.3) is 0 Å². The molecule has 0 aliphatic carbocycles. The molecule has 1 aromatic heterocycles. The third kappa shape index (κ3) is 1.16. The average molecular weight is 143 g/mol. The number of nitrogens with two attached hydrogens (primary N) is 1. The first-order valence-electron chi connectivity index (χ1n) is 2.40. The molecule has 0 fully saturated rings. The summed E-state index contributed by atoms with van der Waals surface area (Å²) < 4.78 is 4.16. The summed E-state index contributed by atoms with van der Waals surface area (Å²) >= 11 is 0. The summed E-state index contributed by atoms with van der Waals surface area (Å²) in [4.78, 5) is 9.89. The fraction of sp³-hybridized carbons (Fsp3) is 0. The number of nitrogens with zero attached hydrogens (tertiary/aromatic N) is 1. The van der Waals surface area contributed by atoms with E-state index < -0.39 is 6.16 Å². The molecule has 0 amide bonds. The first-order valence-corrected chi connectivity index (χ1v) is 2.40. The minimum atomic E-state index is -1.42. The molecule has 6 heteroatoms. The van der Waals surface area contributed by atoms with E-state index in [1.165, 1.54) is 6.20 Å². The lowest BCUT2D eigenvalue weighted by atomic mass is 10.6. The van der Waals surface area contributed by atoms with Crippen molar-refractivity contribution in [2.75, 3.05) is 5.73 Å². The molecule has 0 atom stereocenters. The maximum atomic E-state index is 9.89. The molecule has 0 spiro atoms. The molecule has 0 bridgehead atoms. The summed E-state index contributed by atoms with van der Waals surface area (Å²) in [6.45, 7) is 0. The largest absolute Gasteiger partial charge is 0.512 e. The third-order valence-corrected chi connectivity index (χ3v) is 0.821. The number of nitrogens with one attached hydrogen (secondary N) is 1. The van der Waals surface area contributed by atoms with Crippen LogP contribution in [0.5, 0.6) is 5.88 Å². The Morgan fingerprint density at radius 1 is 1.90 bits per heavy atom. The molecule has 0 aromatic carbocycles. The van der Waals surface area contributed by atoms with Crippen LogP contribution >= 0.6 is 0 Å². The van der Waals surface area contributed by atoms with Gasteiger partial charge < -0.3 is 15.6 Å². The molecular weight excluding hydrogens is 138 g/mol. The Morgan fingerprint density at radius 2 is 2.60 bits per heavy atom. The summed E-state index contributed by atoms with van der Waals surface area (Å²) in [6, 6.07) is 0. The summed E-state index contributed by atoms with van der Waals surface area (Å²) in [5.74, 6) is -0.0486. The lowest BCUT2D eigenvalue weighted by Crippen LogP contribution is -2.04. The van der Waals surface area contributed by atoms with Crippen LogP contribution in [-0.2, 0) is 0 Å². The van der Waals surface area contributed by atoms with Gasteiger partial charge in [0.25, 0.3) is 0 Å². The Labute approximate surface area is 55.6 Å². The maximum Gasteiger partial charge on any atom is 0.512 e. The number of hydrogen-bond acceptors (Lipinski definition) is 4. The fourth-order valence-electron chi connectivity index (χ4n) is 0.453. The molecule has 6 nitrogen and oxygen atoms in total. The van der Waals surface area contributed by atoms with Gasteiger partial charge in [0.1, 0.15) is 5.69 Å². The molecule has 1 rings (SSSR count). The van der Waals surface area contributed by atoms with E-state index in [2.05, 4.69) is 14.9 Å². The third-order valence-electron chi connectivity index (χ3n) is 0.821. The highest BCUT2D eigenvalue weighted by Crippen LogP contribution is 2.14. The first-order chi connectivity index (χ1) is 4.70. The van der Waals surface area contributed by atoms with Crippen LogP contribution in [0.4, 0.5) is 10.5 Å². The van der Waals surface area contributed by atoms with Gasteiger partial charge in [0.15, 0.2) is 0 Å². The van der Waals surface area contributed by atoms with Gasteiger partial charge in [-0.3, -0.25) is 0 Å². The number of rotatable bonds is 1. The number of carbonyl (C=O) groups is 1. The van der Waals surface area contributed by atoms with Crippen molar-refractivity contribution in [3.8, 4) is 5.88 Å². The molecule has 54 valence electrons. The number of aromatic amines is 1. The average Bonchev–Trinajstić information content (AvgIpc) is 2.15. The van der Waals surface area contributed by atoms with E-state index in [0.717, 1.165) is 0 Å². The summed E-state index contributed by atoms with van der Waals surface area (Å²) in [5.41, 5.74) is 5.38. The second-order valence-corrected chi connectivity index (χ2v) is 1.52. The molecule has 1 aromatic rings. The van der Waals surface area contributed by atoms with Crippen LogP contribution in [-0.4, -0.2) is 21.5 Å². The number of carboxylic acid groups (broad SMARTS) is 1. The second-order valence-electron chi connectivity index (χ2n) is 1.52. The van der Waals surface area contributed by atoms with E-state index >= 15 is 0 Å². The monoisotopic (exact) mass is 143 g/mol. The van der Waals surface area contributed by atoms with Crippen molar-refractivity contribution >= 4 is 11.8 Å². The number of aromatic nitrogens is 2. The molecular formula is C4H5N3O3. The SMILES string of the molecule is Nc1cn[nH]c1OC(=O)O. The van der Waals surface area contributed by atoms with Crippen molar-refractivity contribution in [1.29, 1.82) is 0 Å². The van der Waals surface area contributed by atoms with Crippen LogP contribution in [0, 0.1) is 0 Å². The molecule has 4 N–H and O–H groups in total. The van der Waals surface area contributed by atoms with Gasteiger partial charge in [0, 0.05) is 0 Å². The highest BCUT2D eigenvalue weighted by molar-refractivity contribution is 5.63. The minimum absolute atomic E-state index is 0.0486. The molecule has 0 aliphatic heterocycles. The zero-order valence-corrected chi connectivity index (χ0v) is 4.87. The van der Waals surface area contributed by atoms with Crippen LogP contribution < -0.4 is 10.5 Å². The van der Waals surface area contributed by atoms with E-state index in [1.807, 2.05) is 0 Å². The molecule has 0 saturated heterocycles. The molecule has 0 unspecified atom stereocenters. The zero-order valence-electron chi connectivity index (χ0n) is 4.87. The normalized spacial score (nSPS) is 9.20. The first kappa shape index (κ1) is 6.40. The van der Waals surface area contributed by atoms with E-state index in [-0.39, 0.29) is 11.6 Å². The Morgan fingerprint density at radius 3 is 3.00 bits per heavy atom. The lowest BCUT2D eigenvalue weighted by Gasteiger charge is -1.93. The van der Waals surface area contributed by atoms with Gasteiger partial charge in [-0.2, -0.15) is 5.10 Å². The van der Waals surface area contributed by atoms with Gasteiger partial charge in [0.05, 0.1) is 6.20 Å². The van der Waals surface area contributed by atoms with E-state index in [9.17, 15) is 4.79 Å². The zero-order chi connectivity index (χ0) is 7.56. The summed E-state index contributed by atoms with van der Waals surface area (Å²) in [5, 5.41) is 13.8.